The summed E-state index contributed by atoms with van der Waals surface area (Å²) in [5.74, 6) is 2.40. The van der Waals surface area contributed by atoms with E-state index >= 15 is 0 Å². The normalized spacial score (nSPS) is 22.8. The summed E-state index contributed by atoms with van der Waals surface area (Å²) in [6.07, 6.45) is 5.63. The van der Waals surface area contributed by atoms with E-state index in [9.17, 15) is 0 Å². The molecule has 1 aliphatic carbocycles. The largest absolute Gasteiger partial charge is 0.489 e. The van der Waals surface area contributed by atoms with E-state index in [1.807, 2.05) is 32.0 Å². The number of rotatable bonds is 5. The van der Waals surface area contributed by atoms with Crippen LogP contribution in [0.25, 0.3) is 0 Å². The van der Waals surface area contributed by atoms with Gasteiger partial charge in [0.15, 0.2) is 0 Å². The molecule has 2 unspecified atom stereocenters. The number of benzene rings is 1. The lowest BCUT2D eigenvalue weighted by atomic mass is 9.80. The summed E-state index contributed by atoms with van der Waals surface area (Å²) >= 11 is 0. The fourth-order valence-corrected chi connectivity index (χ4v) is 2.95. The van der Waals surface area contributed by atoms with Crippen LogP contribution >= 0.6 is 0 Å². The fourth-order valence-electron chi connectivity index (χ4n) is 2.95. The van der Waals surface area contributed by atoms with E-state index < -0.39 is 0 Å². The quantitative estimate of drug-likeness (QED) is 0.788. The molecule has 1 saturated carbocycles. The van der Waals surface area contributed by atoms with Crippen molar-refractivity contribution in [2.45, 2.75) is 52.6 Å². The highest BCUT2D eigenvalue weighted by molar-refractivity contribution is 5.61. The molecule has 0 amide bonds. The number of nitrogen functional groups attached to an aromatic ring is 1. The Balaban J connectivity index is 1.95. The van der Waals surface area contributed by atoms with Crippen molar-refractivity contribution >= 4 is 11.4 Å². The van der Waals surface area contributed by atoms with Gasteiger partial charge in [0, 0.05) is 18.3 Å². The summed E-state index contributed by atoms with van der Waals surface area (Å²) in [5.41, 5.74) is 7.75. The lowest BCUT2D eigenvalue weighted by Gasteiger charge is -2.29. The molecule has 2 rings (SSSR count). The van der Waals surface area contributed by atoms with Crippen LogP contribution in [0.1, 0.15) is 46.5 Å². The van der Waals surface area contributed by atoms with Gasteiger partial charge >= 0.3 is 0 Å². The molecule has 112 valence electrons. The molecule has 0 aliphatic heterocycles. The topological polar surface area (TPSA) is 47.3 Å². The standard InChI is InChI=1S/C17H28N2O/c1-12(2)20-17-10-15(8-9-16(17)18)19-11-14-7-5-4-6-13(14)3/h8-10,12-14,19H,4-7,11,18H2,1-3H3. The van der Waals surface area contributed by atoms with Gasteiger partial charge in [-0.1, -0.05) is 26.2 Å². The first-order chi connectivity index (χ1) is 9.56. The molecule has 1 fully saturated rings. The average molecular weight is 276 g/mol. The first kappa shape index (κ1) is 15.0. The van der Waals surface area contributed by atoms with Gasteiger partial charge in [0.1, 0.15) is 5.75 Å². The zero-order valence-corrected chi connectivity index (χ0v) is 13.0. The molecule has 0 radical (unpaired) electrons. The van der Waals surface area contributed by atoms with Gasteiger partial charge in [-0.15, -0.1) is 0 Å². The Morgan fingerprint density at radius 3 is 2.75 bits per heavy atom. The van der Waals surface area contributed by atoms with Gasteiger partial charge in [0.05, 0.1) is 11.8 Å². The summed E-state index contributed by atoms with van der Waals surface area (Å²) in [7, 11) is 0. The Morgan fingerprint density at radius 1 is 1.30 bits per heavy atom. The highest BCUT2D eigenvalue weighted by Crippen LogP contribution is 2.31. The molecule has 3 nitrogen and oxygen atoms in total. The minimum Gasteiger partial charge on any atom is -0.489 e. The second kappa shape index (κ2) is 6.87. The van der Waals surface area contributed by atoms with Crippen LogP contribution in [-0.4, -0.2) is 12.6 Å². The van der Waals surface area contributed by atoms with Crippen LogP contribution < -0.4 is 15.8 Å². The Labute approximate surface area is 122 Å². The predicted octanol–water partition coefficient (Wildman–Crippen LogP) is 4.29. The van der Waals surface area contributed by atoms with Gasteiger partial charge in [0.2, 0.25) is 0 Å². The number of anilines is 2. The Kier molecular flexibility index (Phi) is 5.16. The molecule has 0 spiro atoms. The molecule has 0 heterocycles. The molecule has 1 aromatic carbocycles. The first-order valence-electron chi connectivity index (χ1n) is 7.86. The van der Waals surface area contributed by atoms with Gasteiger partial charge in [0.25, 0.3) is 0 Å². The van der Waals surface area contributed by atoms with Gasteiger partial charge < -0.3 is 15.8 Å². The van der Waals surface area contributed by atoms with Gasteiger partial charge in [-0.3, -0.25) is 0 Å². The molecule has 2 atom stereocenters. The Hall–Kier alpha value is -1.38. The van der Waals surface area contributed by atoms with Crippen molar-refractivity contribution < 1.29 is 4.74 Å². The highest BCUT2D eigenvalue weighted by atomic mass is 16.5. The van der Waals surface area contributed by atoms with Crippen LogP contribution in [-0.2, 0) is 0 Å². The van der Waals surface area contributed by atoms with Crippen LogP contribution in [0.4, 0.5) is 11.4 Å². The predicted molar refractivity (Wildman–Crippen MR) is 86.2 cm³/mol. The van der Waals surface area contributed by atoms with Crippen molar-refractivity contribution in [1.29, 1.82) is 0 Å². The maximum atomic E-state index is 5.95. The van der Waals surface area contributed by atoms with Crippen LogP contribution in [0, 0.1) is 11.8 Å². The molecular formula is C17H28N2O. The minimum absolute atomic E-state index is 0.144. The van der Waals surface area contributed by atoms with E-state index in [2.05, 4.69) is 12.2 Å². The summed E-state index contributed by atoms with van der Waals surface area (Å²) in [6.45, 7) is 7.46. The van der Waals surface area contributed by atoms with Crippen LogP contribution in [0.5, 0.6) is 5.75 Å². The van der Waals surface area contributed by atoms with Crippen molar-refractivity contribution in [1.82, 2.24) is 0 Å². The van der Waals surface area contributed by atoms with Gasteiger partial charge in [-0.25, -0.2) is 0 Å². The molecule has 0 bridgehead atoms. The summed E-state index contributed by atoms with van der Waals surface area (Å²) in [4.78, 5) is 0. The monoisotopic (exact) mass is 276 g/mol. The molecule has 20 heavy (non-hydrogen) atoms. The molecule has 1 aliphatic rings. The Morgan fingerprint density at radius 2 is 2.05 bits per heavy atom. The summed E-state index contributed by atoms with van der Waals surface area (Å²) in [5, 5.41) is 3.55. The van der Waals surface area contributed by atoms with Gasteiger partial charge in [-0.05, 0) is 44.2 Å². The van der Waals surface area contributed by atoms with E-state index in [0.29, 0.717) is 5.69 Å². The summed E-state index contributed by atoms with van der Waals surface area (Å²) < 4.78 is 5.73. The SMILES string of the molecule is CC(C)Oc1cc(NCC2CCCCC2C)ccc1N. The average Bonchev–Trinajstić information content (AvgIpc) is 2.40. The van der Waals surface area contributed by atoms with Gasteiger partial charge in [-0.2, -0.15) is 0 Å². The third-order valence-electron chi connectivity index (χ3n) is 4.23. The third kappa shape index (κ3) is 4.06. The van der Waals surface area contributed by atoms with Crippen molar-refractivity contribution in [2.75, 3.05) is 17.6 Å². The minimum atomic E-state index is 0.144. The maximum Gasteiger partial charge on any atom is 0.144 e. The number of hydrogen-bond acceptors (Lipinski definition) is 3. The van der Waals surface area contributed by atoms with E-state index in [4.69, 9.17) is 10.5 Å². The molecule has 0 aromatic heterocycles. The zero-order valence-electron chi connectivity index (χ0n) is 13.0. The lowest BCUT2D eigenvalue weighted by molar-refractivity contribution is 0.244. The smallest absolute Gasteiger partial charge is 0.144 e. The summed E-state index contributed by atoms with van der Waals surface area (Å²) in [6, 6.07) is 5.98. The third-order valence-corrected chi connectivity index (χ3v) is 4.23. The van der Waals surface area contributed by atoms with E-state index in [0.717, 1.165) is 29.8 Å². The van der Waals surface area contributed by atoms with E-state index in [1.165, 1.54) is 25.7 Å². The van der Waals surface area contributed by atoms with Crippen LogP contribution in [0.2, 0.25) is 0 Å². The first-order valence-corrected chi connectivity index (χ1v) is 7.86. The van der Waals surface area contributed by atoms with Crippen molar-refractivity contribution in [2.24, 2.45) is 11.8 Å². The fraction of sp³-hybridized carbons (Fsp3) is 0.647. The molecule has 0 saturated heterocycles. The van der Waals surface area contributed by atoms with Crippen molar-refractivity contribution in [3.8, 4) is 5.75 Å². The van der Waals surface area contributed by atoms with Crippen molar-refractivity contribution in [3.05, 3.63) is 18.2 Å². The molecule has 3 N–H and O–H groups in total. The molecular weight excluding hydrogens is 248 g/mol. The zero-order chi connectivity index (χ0) is 14.5. The Bertz CT molecular complexity index is 431. The van der Waals surface area contributed by atoms with E-state index in [-0.39, 0.29) is 6.10 Å². The maximum absolute atomic E-state index is 5.95. The lowest BCUT2D eigenvalue weighted by Crippen LogP contribution is -2.24. The number of hydrogen-bond donors (Lipinski definition) is 2. The van der Waals surface area contributed by atoms with Crippen LogP contribution in [0.3, 0.4) is 0 Å². The molecule has 3 heteroatoms. The van der Waals surface area contributed by atoms with E-state index in [1.54, 1.807) is 0 Å². The van der Waals surface area contributed by atoms with Crippen molar-refractivity contribution in [3.63, 3.8) is 0 Å². The second-order valence-electron chi connectivity index (χ2n) is 6.32. The number of nitrogens with two attached hydrogens (primary N) is 1. The highest BCUT2D eigenvalue weighted by Gasteiger charge is 2.20. The number of nitrogens with one attached hydrogen (secondary N) is 1. The molecule has 1 aromatic rings. The van der Waals surface area contributed by atoms with Crippen LogP contribution in [0.15, 0.2) is 18.2 Å². The second-order valence-corrected chi connectivity index (χ2v) is 6.32. The number of ether oxygens (including phenoxy) is 1.